The van der Waals surface area contributed by atoms with Crippen molar-refractivity contribution in [1.82, 2.24) is 5.32 Å². The van der Waals surface area contributed by atoms with E-state index in [-0.39, 0.29) is 17.1 Å². The molecule has 1 N–H and O–H groups in total. The third-order valence-corrected chi connectivity index (χ3v) is 5.32. The van der Waals surface area contributed by atoms with Gasteiger partial charge in [-0.3, -0.25) is 0 Å². The van der Waals surface area contributed by atoms with E-state index in [2.05, 4.69) is 33.1 Å². The van der Waals surface area contributed by atoms with Crippen molar-refractivity contribution in [3.63, 3.8) is 0 Å². The molecule has 118 valence electrons. The Morgan fingerprint density at radius 3 is 2.40 bits per heavy atom. The zero-order chi connectivity index (χ0) is 14.8. The zero-order valence-electron chi connectivity index (χ0n) is 14.0. The predicted molar refractivity (Wildman–Crippen MR) is 83.0 cm³/mol. The number of hydrogen-bond acceptors (Lipinski definition) is 3. The number of likely N-dealkylation sites (N-methyl/N-ethyl adjacent to an activating group) is 1. The van der Waals surface area contributed by atoms with Crippen LogP contribution in [-0.4, -0.2) is 38.5 Å². The molecule has 0 amide bonds. The van der Waals surface area contributed by atoms with Crippen molar-refractivity contribution in [2.75, 3.05) is 20.8 Å². The van der Waals surface area contributed by atoms with E-state index in [9.17, 15) is 0 Å². The fourth-order valence-electron chi connectivity index (χ4n) is 4.41. The average Bonchev–Trinajstić information content (AvgIpc) is 2.82. The van der Waals surface area contributed by atoms with E-state index in [1.165, 1.54) is 32.1 Å². The van der Waals surface area contributed by atoms with Crippen molar-refractivity contribution in [3.8, 4) is 0 Å². The normalized spacial score (nSPS) is 29.6. The minimum absolute atomic E-state index is 0.156. The predicted octanol–water partition coefficient (Wildman–Crippen LogP) is 3.37. The summed E-state index contributed by atoms with van der Waals surface area (Å²) in [5.74, 6) is 0.663. The molecule has 3 nitrogen and oxygen atoms in total. The SMILES string of the molecule is CNC(C1CCOC2(CCCC2)C1)C(OC)C(C)(C)C. The summed E-state index contributed by atoms with van der Waals surface area (Å²) in [5.41, 5.74) is 0.345. The van der Waals surface area contributed by atoms with Crippen LogP contribution in [0.5, 0.6) is 0 Å². The molecule has 1 spiro atoms. The highest BCUT2D eigenvalue weighted by Gasteiger charge is 2.45. The Morgan fingerprint density at radius 1 is 1.25 bits per heavy atom. The molecule has 0 bridgehead atoms. The van der Waals surface area contributed by atoms with Gasteiger partial charge in [0.2, 0.25) is 0 Å². The highest BCUT2D eigenvalue weighted by atomic mass is 16.5. The molecule has 20 heavy (non-hydrogen) atoms. The van der Waals surface area contributed by atoms with Crippen molar-refractivity contribution in [2.24, 2.45) is 11.3 Å². The van der Waals surface area contributed by atoms with Gasteiger partial charge in [0.25, 0.3) is 0 Å². The monoisotopic (exact) mass is 283 g/mol. The van der Waals surface area contributed by atoms with Crippen LogP contribution in [-0.2, 0) is 9.47 Å². The Bertz CT molecular complexity index is 305. The Balaban J connectivity index is 2.10. The van der Waals surface area contributed by atoms with Gasteiger partial charge < -0.3 is 14.8 Å². The van der Waals surface area contributed by atoms with Crippen molar-refractivity contribution in [3.05, 3.63) is 0 Å². The van der Waals surface area contributed by atoms with Gasteiger partial charge in [-0.25, -0.2) is 0 Å². The van der Waals surface area contributed by atoms with E-state index in [1.54, 1.807) is 0 Å². The van der Waals surface area contributed by atoms with Crippen LogP contribution in [0.3, 0.4) is 0 Å². The summed E-state index contributed by atoms with van der Waals surface area (Å²) in [6, 6.07) is 0.418. The molecule has 0 aromatic rings. The van der Waals surface area contributed by atoms with Crippen molar-refractivity contribution in [2.45, 2.75) is 77.0 Å². The van der Waals surface area contributed by atoms with Gasteiger partial charge in [-0.05, 0) is 44.1 Å². The lowest BCUT2D eigenvalue weighted by Gasteiger charge is -2.45. The van der Waals surface area contributed by atoms with Crippen LogP contribution < -0.4 is 5.32 Å². The minimum atomic E-state index is 0.156. The quantitative estimate of drug-likeness (QED) is 0.858. The van der Waals surface area contributed by atoms with Gasteiger partial charge in [0.05, 0.1) is 11.7 Å². The Labute approximate surface area is 124 Å². The molecule has 1 aliphatic heterocycles. The first kappa shape index (κ1) is 16.3. The number of ether oxygens (including phenoxy) is 2. The summed E-state index contributed by atoms with van der Waals surface area (Å²) in [4.78, 5) is 0. The Hall–Kier alpha value is -0.120. The molecule has 3 unspecified atom stereocenters. The van der Waals surface area contributed by atoms with E-state index < -0.39 is 0 Å². The average molecular weight is 283 g/mol. The second-order valence-corrected chi connectivity index (χ2v) is 7.83. The third kappa shape index (κ3) is 3.37. The fraction of sp³-hybridized carbons (Fsp3) is 1.00. The zero-order valence-corrected chi connectivity index (χ0v) is 14.0. The summed E-state index contributed by atoms with van der Waals surface area (Å²) in [5, 5.41) is 3.56. The van der Waals surface area contributed by atoms with Crippen molar-refractivity contribution >= 4 is 0 Å². The first-order valence-electron chi connectivity index (χ1n) is 8.26. The molecule has 2 fully saturated rings. The maximum atomic E-state index is 6.18. The van der Waals surface area contributed by atoms with Crippen LogP contribution in [0, 0.1) is 11.3 Å². The largest absolute Gasteiger partial charge is 0.379 e. The second-order valence-electron chi connectivity index (χ2n) is 7.83. The van der Waals surface area contributed by atoms with Gasteiger partial charge in [-0.15, -0.1) is 0 Å². The topological polar surface area (TPSA) is 30.5 Å². The third-order valence-electron chi connectivity index (χ3n) is 5.32. The molecule has 3 heteroatoms. The minimum Gasteiger partial charge on any atom is -0.379 e. The van der Waals surface area contributed by atoms with Gasteiger partial charge in [-0.1, -0.05) is 33.6 Å². The Kier molecular flexibility index (Phi) is 5.14. The molecule has 1 aliphatic carbocycles. The highest BCUT2D eigenvalue weighted by molar-refractivity contribution is 4.98. The molecule has 2 rings (SSSR count). The molecule has 0 aromatic carbocycles. The number of methoxy groups -OCH3 is 1. The number of hydrogen-bond donors (Lipinski definition) is 1. The summed E-state index contributed by atoms with van der Waals surface area (Å²) < 4.78 is 12.1. The molecule has 0 radical (unpaired) electrons. The van der Waals surface area contributed by atoms with Crippen LogP contribution >= 0.6 is 0 Å². The molecular formula is C17H33NO2. The lowest BCUT2D eigenvalue weighted by atomic mass is 9.73. The molecule has 1 heterocycles. The van der Waals surface area contributed by atoms with Gasteiger partial charge in [0.15, 0.2) is 0 Å². The van der Waals surface area contributed by atoms with E-state index in [0.717, 1.165) is 13.0 Å². The van der Waals surface area contributed by atoms with Gasteiger partial charge in [0.1, 0.15) is 0 Å². The van der Waals surface area contributed by atoms with Crippen molar-refractivity contribution < 1.29 is 9.47 Å². The Morgan fingerprint density at radius 2 is 1.90 bits per heavy atom. The van der Waals surface area contributed by atoms with Gasteiger partial charge in [0, 0.05) is 19.8 Å². The van der Waals surface area contributed by atoms with Gasteiger partial charge in [-0.2, -0.15) is 0 Å². The maximum absolute atomic E-state index is 6.18. The van der Waals surface area contributed by atoms with Crippen LogP contribution in [0.25, 0.3) is 0 Å². The standard InChI is InChI=1S/C17H33NO2/c1-16(2,3)15(19-5)14(18-4)13-8-11-20-17(12-13)9-6-7-10-17/h13-15,18H,6-12H2,1-5H3. The summed E-state index contributed by atoms with van der Waals surface area (Å²) in [6.07, 6.45) is 7.79. The molecule has 2 aliphatic rings. The maximum Gasteiger partial charge on any atom is 0.0774 e. The molecular weight excluding hydrogens is 250 g/mol. The molecule has 0 aromatic heterocycles. The first-order valence-corrected chi connectivity index (χ1v) is 8.26. The lowest BCUT2D eigenvalue weighted by Crippen LogP contribution is -2.54. The van der Waals surface area contributed by atoms with Crippen LogP contribution in [0.1, 0.15) is 59.3 Å². The van der Waals surface area contributed by atoms with Gasteiger partial charge >= 0.3 is 0 Å². The smallest absolute Gasteiger partial charge is 0.0774 e. The van der Waals surface area contributed by atoms with E-state index in [0.29, 0.717) is 12.0 Å². The van der Waals surface area contributed by atoms with Crippen molar-refractivity contribution in [1.29, 1.82) is 0 Å². The summed E-state index contributed by atoms with van der Waals surface area (Å²) in [6.45, 7) is 7.74. The molecule has 3 atom stereocenters. The lowest BCUT2D eigenvalue weighted by molar-refractivity contribution is -0.114. The van der Waals surface area contributed by atoms with Crippen LogP contribution in [0.4, 0.5) is 0 Å². The molecule has 1 saturated carbocycles. The summed E-state index contributed by atoms with van der Waals surface area (Å²) >= 11 is 0. The van der Waals surface area contributed by atoms with E-state index in [4.69, 9.17) is 9.47 Å². The van der Waals surface area contributed by atoms with E-state index >= 15 is 0 Å². The van der Waals surface area contributed by atoms with Crippen LogP contribution in [0.15, 0.2) is 0 Å². The summed E-state index contributed by atoms with van der Waals surface area (Å²) in [7, 11) is 3.93. The molecule has 1 saturated heterocycles. The number of rotatable bonds is 4. The second kappa shape index (κ2) is 6.33. The highest BCUT2D eigenvalue weighted by Crippen LogP contribution is 2.44. The number of nitrogens with one attached hydrogen (secondary N) is 1. The fourth-order valence-corrected chi connectivity index (χ4v) is 4.41. The van der Waals surface area contributed by atoms with Crippen LogP contribution in [0.2, 0.25) is 0 Å². The first-order chi connectivity index (χ1) is 9.42. The van der Waals surface area contributed by atoms with E-state index in [1.807, 2.05) is 7.11 Å².